The summed E-state index contributed by atoms with van der Waals surface area (Å²) in [6.45, 7) is 5.81. The predicted octanol–water partition coefficient (Wildman–Crippen LogP) is 1.41. The molecule has 8 heteroatoms. The van der Waals surface area contributed by atoms with E-state index in [1.54, 1.807) is 4.68 Å². The fourth-order valence-electron chi connectivity index (χ4n) is 5.75. The highest BCUT2D eigenvalue weighted by Gasteiger charge is 2.75. The molecule has 2 saturated carbocycles. The zero-order valence-corrected chi connectivity index (χ0v) is 17.1. The molecule has 2 unspecified atom stereocenters. The maximum absolute atomic E-state index is 13.2. The lowest BCUT2D eigenvalue weighted by Crippen LogP contribution is -2.46. The van der Waals surface area contributed by atoms with Gasteiger partial charge in [-0.3, -0.25) is 4.79 Å². The largest absolute Gasteiger partial charge is 0.619 e. The van der Waals surface area contributed by atoms with E-state index in [0.29, 0.717) is 16.2 Å². The minimum absolute atomic E-state index is 0.0690. The summed E-state index contributed by atoms with van der Waals surface area (Å²) in [6, 6.07) is -0.374. The Morgan fingerprint density at radius 2 is 2.24 bits per heavy atom. The summed E-state index contributed by atoms with van der Waals surface area (Å²) < 4.78 is 2.43. The van der Waals surface area contributed by atoms with E-state index >= 15 is 0 Å². The van der Waals surface area contributed by atoms with Crippen LogP contribution in [-0.2, 0) is 11.8 Å². The summed E-state index contributed by atoms with van der Waals surface area (Å²) in [5.74, 6) is 0.170. The number of carbonyl (C=O) groups is 1. The second-order valence-corrected chi connectivity index (χ2v) is 10.0. The molecule has 0 saturated heterocycles. The molecule has 0 spiro atoms. The van der Waals surface area contributed by atoms with Crippen LogP contribution in [0.3, 0.4) is 0 Å². The number of rotatable bonds is 4. The van der Waals surface area contributed by atoms with Gasteiger partial charge in [0.2, 0.25) is 12.0 Å². The molecular weight excluding hydrogens is 370 g/mol. The summed E-state index contributed by atoms with van der Waals surface area (Å²) in [6.07, 6.45) is 9.64. The second kappa shape index (κ2) is 5.78. The maximum Gasteiger partial charge on any atom is 0.272 e. The number of hydrogen-bond acceptors (Lipinski definition) is 5. The van der Waals surface area contributed by atoms with E-state index in [2.05, 4.69) is 15.4 Å². The number of nitrogens with zero attached hydrogens (tertiary/aromatic N) is 4. The van der Waals surface area contributed by atoms with E-state index in [0.717, 1.165) is 30.5 Å². The zero-order chi connectivity index (χ0) is 20.6. The molecule has 5 rings (SSSR count). The van der Waals surface area contributed by atoms with Gasteiger partial charge in [-0.05, 0) is 36.5 Å². The molecule has 2 N–H and O–H groups in total. The van der Waals surface area contributed by atoms with Crippen molar-refractivity contribution in [3.05, 3.63) is 40.7 Å². The Balaban J connectivity index is 1.59. The number of aliphatic hydroxyl groups excluding tert-OH is 1. The average Bonchev–Trinajstić information content (AvgIpc) is 2.93. The molecule has 2 aromatic rings. The van der Waals surface area contributed by atoms with Gasteiger partial charge in [-0.25, -0.2) is 9.67 Å². The number of hydrogen-bond donors (Lipinski definition) is 2. The van der Waals surface area contributed by atoms with Gasteiger partial charge in [0, 0.05) is 11.0 Å². The first kappa shape index (κ1) is 18.5. The van der Waals surface area contributed by atoms with Crippen molar-refractivity contribution >= 4 is 5.91 Å². The van der Waals surface area contributed by atoms with Crippen LogP contribution in [0.1, 0.15) is 68.2 Å². The predicted molar refractivity (Wildman–Crippen MR) is 104 cm³/mol. The normalized spacial score (nSPS) is 27.9. The lowest BCUT2D eigenvalue weighted by molar-refractivity contribution is -0.605. The molecule has 29 heavy (non-hydrogen) atoms. The van der Waals surface area contributed by atoms with E-state index in [1.165, 1.54) is 31.4 Å². The third-order valence-electron chi connectivity index (χ3n) is 7.37. The fourth-order valence-corrected chi connectivity index (χ4v) is 5.75. The molecule has 2 aromatic heterocycles. The Bertz CT molecular complexity index is 1010. The Morgan fingerprint density at radius 1 is 1.45 bits per heavy atom. The SMILES string of the molecule is CC(C)(C)[C@@H](CO)NC(=O)c1nn(-c2c[n+]([O-])ccn2)c2c1CC13CCCC21C3. The first-order valence-electron chi connectivity index (χ1n) is 10.3. The molecular formula is C21H27N5O3. The van der Waals surface area contributed by atoms with Crippen LogP contribution in [-0.4, -0.2) is 38.4 Å². The molecule has 3 atom stereocenters. The quantitative estimate of drug-likeness (QED) is 0.599. The molecule has 2 heterocycles. The third-order valence-corrected chi connectivity index (χ3v) is 7.37. The highest BCUT2D eigenvalue weighted by atomic mass is 16.5. The van der Waals surface area contributed by atoms with Crippen LogP contribution in [0.2, 0.25) is 0 Å². The Kier molecular flexibility index (Phi) is 3.70. The number of nitrogens with one attached hydrogen (secondary N) is 1. The van der Waals surface area contributed by atoms with Gasteiger partial charge < -0.3 is 15.6 Å². The van der Waals surface area contributed by atoms with Crippen molar-refractivity contribution in [2.45, 2.75) is 64.3 Å². The van der Waals surface area contributed by atoms with Gasteiger partial charge in [0.15, 0.2) is 11.9 Å². The Hall–Kier alpha value is -2.48. The third kappa shape index (κ3) is 2.48. The van der Waals surface area contributed by atoms with Crippen molar-refractivity contribution in [3.8, 4) is 5.82 Å². The number of amides is 1. The molecule has 154 valence electrons. The molecule has 0 aromatic carbocycles. The van der Waals surface area contributed by atoms with Gasteiger partial charge in [0.05, 0.1) is 24.5 Å². The molecule has 8 nitrogen and oxygen atoms in total. The first-order valence-corrected chi connectivity index (χ1v) is 10.3. The molecule has 3 aliphatic rings. The van der Waals surface area contributed by atoms with E-state index in [9.17, 15) is 15.1 Å². The van der Waals surface area contributed by atoms with E-state index < -0.39 is 0 Å². The van der Waals surface area contributed by atoms with Crippen LogP contribution in [0.4, 0.5) is 0 Å². The van der Waals surface area contributed by atoms with Crippen molar-refractivity contribution in [2.24, 2.45) is 10.8 Å². The van der Waals surface area contributed by atoms with Crippen LogP contribution in [0, 0.1) is 16.0 Å². The topological polar surface area (TPSA) is 107 Å². The fraction of sp³-hybridized carbons (Fsp3) is 0.619. The molecule has 0 radical (unpaired) electrons. The highest BCUT2D eigenvalue weighted by molar-refractivity contribution is 5.95. The van der Waals surface area contributed by atoms with Gasteiger partial charge in [-0.15, -0.1) is 0 Å². The van der Waals surface area contributed by atoms with Gasteiger partial charge in [0.25, 0.3) is 5.91 Å². The molecule has 1 amide bonds. The highest BCUT2D eigenvalue weighted by Crippen LogP contribution is 2.79. The average molecular weight is 397 g/mol. The lowest BCUT2D eigenvalue weighted by Gasteiger charge is -2.29. The molecule has 0 aliphatic heterocycles. The molecule has 2 fully saturated rings. The minimum atomic E-state index is -0.374. The number of carbonyl (C=O) groups excluding carboxylic acids is 1. The Morgan fingerprint density at radius 3 is 2.93 bits per heavy atom. The molecule has 3 aliphatic carbocycles. The van der Waals surface area contributed by atoms with Gasteiger partial charge in [-0.2, -0.15) is 9.83 Å². The monoisotopic (exact) mass is 397 g/mol. The van der Waals surface area contributed by atoms with Crippen molar-refractivity contribution in [2.75, 3.05) is 6.61 Å². The van der Waals surface area contributed by atoms with Crippen molar-refractivity contribution in [3.63, 3.8) is 0 Å². The summed E-state index contributed by atoms with van der Waals surface area (Å²) in [4.78, 5) is 17.5. The van der Waals surface area contributed by atoms with Gasteiger partial charge in [0.1, 0.15) is 0 Å². The van der Waals surface area contributed by atoms with Crippen LogP contribution in [0.5, 0.6) is 0 Å². The second-order valence-electron chi connectivity index (χ2n) is 10.0. The number of fused-ring (bicyclic) bond motifs is 1. The Labute approximate surface area is 169 Å². The van der Waals surface area contributed by atoms with Crippen LogP contribution in [0.25, 0.3) is 5.82 Å². The maximum atomic E-state index is 13.2. The summed E-state index contributed by atoms with van der Waals surface area (Å²) in [5, 5.41) is 29.2. The van der Waals surface area contributed by atoms with Crippen LogP contribution >= 0.6 is 0 Å². The minimum Gasteiger partial charge on any atom is -0.619 e. The molecule has 0 bridgehead atoms. The summed E-state index contributed by atoms with van der Waals surface area (Å²) in [5.41, 5.74) is 2.50. The standard InChI is InChI=1S/C21H27N5O3/c1-19(2,3)14(11-27)23-18(28)16-13-9-20-5-4-6-21(20,12-20)17(13)26(24-16)15-10-25(29)8-7-22-15/h7-8,10,14,27H,4-6,9,11-12H2,1-3H3,(H,23,28)/t14-,20?,21?/m1/s1. The van der Waals surface area contributed by atoms with Crippen molar-refractivity contribution in [1.29, 1.82) is 0 Å². The smallest absolute Gasteiger partial charge is 0.272 e. The van der Waals surface area contributed by atoms with Crippen molar-refractivity contribution in [1.82, 2.24) is 20.1 Å². The summed E-state index contributed by atoms with van der Waals surface area (Å²) >= 11 is 0. The zero-order valence-electron chi connectivity index (χ0n) is 17.1. The van der Waals surface area contributed by atoms with Crippen molar-refractivity contribution < 1.29 is 14.6 Å². The van der Waals surface area contributed by atoms with E-state index in [-0.39, 0.29) is 34.8 Å². The van der Waals surface area contributed by atoms with Gasteiger partial charge >= 0.3 is 0 Å². The number of aromatic nitrogens is 4. The van der Waals surface area contributed by atoms with Gasteiger partial charge in [-0.1, -0.05) is 27.2 Å². The number of aliphatic hydroxyl groups is 1. The first-order chi connectivity index (χ1) is 13.7. The lowest BCUT2D eigenvalue weighted by atomic mass is 9.87. The van der Waals surface area contributed by atoms with E-state index in [1.807, 2.05) is 20.8 Å². The van der Waals surface area contributed by atoms with E-state index in [4.69, 9.17) is 0 Å². The van der Waals surface area contributed by atoms with Crippen LogP contribution in [0.15, 0.2) is 18.6 Å². The van der Waals surface area contributed by atoms with Crippen LogP contribution < -0.4 is 10.0 Å². The summed E-state index contributed by atoms with van der Waals surface area (Å²) in [7, 11) is 0.